The van der Waals surface area contributed by atoms with Gasteiger partial charge < -0.3 is 4.55 Å². The van der Waals surface area contributed by atoms with Gasteiger partial charge in [-0.25, -0.2) is 14.4 Å². The van der Waals surface area contributed by atoms with Gasteiger partial charge in [-0.15, -0.1) is 0 Å². The number of aromatic nitrogens is 2. The summed E-state index contributed by atoms with van der Waals surface area (Å²) in [7, 11) is 0. The maximum absolute atomic E-state index is 12.8. The monoisotopic (exact) mass is 319 g/mol. The molecule has 0 saturated carbocycles. The number of rotatable bonds is 3. The normalized spacial score (nSPS) is 13.2. The summed E-state index contributed by atoms with van der Waals surface area (Å²) >= 11 is -2.62. The average Bonchev–Trinajstić information content (AvgIpc) is 2.37. The van der Waals surface area contributed by atoms with Crippen LogP contribution in [0.1, 0.15) is 11.5 Å². The van der Waals surface area contributed by atoms with Crippen molar-refractivity contribution in [3.63, 3.8) is 0 Å². The van der Waals surface area contributed by atoms with Crippen LogP contribution < -0.4 is 0 Å². The third kappa shape index (κ3) is 4.05. The van der Waals surface area contributed by atoms with E-state index in [-0.39, 0.29) is 11.3 Å². The quantitative estimate of drug-likeness (QED) is 0.644. The Labute approximate surface area is 119 Å². The van der Waals surface area contributed by atoms with E-state index < -0.39 is 40.3 Å². The summed E-state index contributed by atoms with van der Waals surface area (Å²) < 4.78 is 72.3. The summed E-state index contributed by atoms with van der Waals surface area (Å²) in [6, 6.07) is 5.31. The first-order chi connectivity index (χ1) is 9.75. The lowest BCUT2D eigenvalue weighted by Crippen LogP contribution is -2.12. The van der Waals surface area contributed by atoms with Crippen molar-refractivity contribution in [1.29, 1.82) is 0 Å². The first-order valence-corrected chi connectivity index (χ1v) is 6.77. The van der Waals surface area contributed by atoms with Gasteiger partial charge in [0, 0.05) is 5.56 Å². The molecular formula is C12H7F4N2O2S-. The lowest BCUT2D eigenvalue weighted by Gasteiger charge is -2.11. The van der Waals surface area contributed by atoms with Crippen LogP contribution in [0.5, 0.6) is 0 Å². The summed E-state index contributed by atoms with van der Waals surface area (Å²) in [6.07, 6.45) is -4.74. The Morgan fingerprint density at radius 3 is 2.29 bits per heavy atom. The Morgan fingerprint density at radius 1 is 1.14 bits per heavy atom. The summed E-state index contributed by atoms with van der Waals surface area (Å²) in [5.41, 5.74) is -1.16. The Hall–Kier alpha value is -1.87. The Morgan fingerprint density at radius 2 is 1.76 bits per heavy atom. The molecule has 2 rings (SSSR count). The van der Waals surface area contributed by atoms with Gasteiger partial charge in [-0.3, -0.25) is 4.21 Å². The van der Waals surface area contributed by atoms with Crippen molar-refractivity contribution < 1.29 is 26.3 Å². The van der Waals surface area contributed by atoms with Gasteiger partial charge in [-0.1, -0.05) is 0 Å². The molecule has 1 unspecified atom stereocenters. The van der Waals surface area contributed by atoms with Crippen molar-refractivity contribution >= 4 is 11.1 Å². The van der Waals surface area contributed by atoms with Crippen LogP contribution >= 0.6 is 0 Å². The van der Waals surface area contributed by atoms with Crippen LogP contribution in [0, 0.1) is 5.82 Å². The SMILES string of the molecule is O=S([O-])Cc1nc(-c2ccc(F)cc2)cc(C(F)(F)F)n1. The van der Waals surface area contributed by atoms with E-state index in [0.29, 0.717) is 6.07 Å². The van der Waals surface area contributed by atoms with E-state index in [9.17, 15) is 26.3 Å². The standard InChI is InChI=1S/C12H8F4N2O2S/c13-8-3-1-7(2-4-8)9-5-10(12(14,15)16)18-11(17-9)6-21(19)20/h1-5H,6H2,(H,19,20)/p-1. The Bertz CT molecular complexity index is 674. The van der Waals surface area contributed by atoms with Crippen molar-refractivity contribution in [2.75, 3.05) is 0 Å². The zero-order chi connectivity index (χ0) is 15.6. The molecule has 1 aromatic heterocycles. The molecule has 1 aromatic carbocycles. The molecule has 0 spiro atoms. The topological polar surface area (TPSA) is 65.9 Å². The predicted molar refractivity (Wildman–Crippen MR) is 65.1 cm³/mol. The fourth-order valence-corrected chi connectivity index (χ4v) is 1.92. The zero-order valence-electron chi connectivity index (χ0n) is 10.2. The fourth-order valence-electron chi connectivity index (χ4n) is 1.58. The van der Waals surface area contributed by atoms with E-state index in [4.69, 9.17) is 0 Å². The van der Waals surface area contributed by atoms with Gasteiger partial charge in [0.15, 0.2) is 0 Å². The Balaban J connectivity index is 2.54. The molecule has 9 heteroatoms. The number of benzene rings is 1. The number of halogens is 4. The van der Waals surface area contributed by atoms with Gasteiger partial charge in [0.2, 0.25) is 0 Å². The summed E-state index contributed by atoms with van der Waals surface area (Å²) in [5, 5.41) is 0. The molecule has 1 heterocycles. The minimum Gasteiger partial charge on any atom is -0.772 e. The molecule has 2 aromatic rings. The second kappa shape index (κ2) is 5.86. The van der Waals surface area contributed by atoms with Crippen LogP contribution in [-0.4, -0.2) is 18.7 Å². The molecule has 1 atom stereocenters. The third-order valence-corrected chi connectivity index (χ3v) is 2.94. The molecule has 0 N–H and O–H groups in total. The molecular weight excluding hydrogens is 312 g/mol. The van der Waals surface area contributed by atoms with Crippen LogP contribution in [0.25, 0.3) is 11.3 Å². The van der Waals surface area contributed by atoms with Crippen LogP contribution in [0.3, 0.4) is 0 Å². The molecule has 112 valence electrons. The number of hydrogen-bond acceptors (Lipinski definition) is 4. The highest BCUT2D eigenvalue weighted by atomic mass is 32.2. The smallest absolute Gasteiger partial charge is 0.433 e. The average molecular weight is 319 g/mol. The molecule has 0 radical (unpaired) electrons. The maximum atomic E-state index is 12.8. The van der Waals surface area contributed by atoms with Crippen molar-refractivity contribution in [3.05, 3.63) is 47.7 Å². The van der Waals surface area contributed by atoms with Gasteiger partial charge >= 0.3 is 6.18 Å². The lowest BCUT2D eigenvalue weighted by molar-refractivity contribution is -0.141. The molecule has 0 aliphatic heterocycles. The predicted octanol–water partition coefficient (Wildman–Crippen LogP) is 2.68. The zero-order valence-corrected chi connectivity index (χ0v) is 11.0. The first kappa shape index (κ1) is 15.5. The van der Waals surface area contributed by atoms with E-state index in [0.717, 1.165) is 12.1 Å². The molecule has 0 aliphatic carbocycles. The van der Waals surface area contributed by atoms with Crippen molar-refractivity contribution in [2.45, 2.75) is 11.9 Å². The van der Waals surface area contributed by atoms with Crippen molar-refractivity contribution in [3.8, 4) is 11.3 Å². The number of hydrogen-bond donors (Lipinski definition) is 0. The first-order valence-electron chi connectivity index (χ1n) is 5.52. The molecule has 21 heavy (non-hydrogen) atoms. The van der Waals surface area contributed by atoms with E-state index in [1.807, 2.05) is 0 Å². The van der Waals surface area contributed by atoms with Crippen LogP contribution in [0.15, 0.2) is 30.3 Å². The summed E-state index contributed by atoms with van der Waals surface area (Å²) in [5.74, 6) is -1.76. The van der Waals surface area contributed by atoms with E-state index >= 15 is 0 Å². The molecule has 0 aliphatic rings. The number of alkyl halides is 3. The van der Waals surface area contributed by atoms with Crippen LogP contribution in [0.2, 0.25) is 0 Å². The second-order valence-corrected chi connectivity index (χ2v) is 4.90. The van der Waals surface area contributed by atoms with Gasteiger partial charge in [-0.05, 0) is 41.4 Å². The van der Waals surface area contributed by atoms with Gasteiger partial charge in [0.1, 0.15) is 17.3 Å². The fraction of sp³-hybridized carbons (Fsp3) is 0.167. The second-order valence-electron chi connectivity index (χ2n) is 4.01. The Kier molecular flexibility index (Phi) is 4.33. The van der Waals surface area contributed by atoms with Gasteiger partial charge in [0.05, 0.1) is 11.4 Å². The maximum Gasteiger partial charge on any atom is 0.433 e. The van der Waals surface area contributed by atoms with Crippen molar-refractivity contribution in [1.82, 2.24) is 9.97 Å². The molecule has 0 fully saturated rings. The number of nitrogens with zero attached hydrogens (tertiary/aromatic N) is 2. The van der Waals surface area contributed by atoms with Gasteiger partial charge in [-0.2, -0.15) is 13.2 Å². The van der Waals surface area contributed by atoms with E-state index in [1.165, 1.54) is 12.1 Å². The molecule has 4 nitrogen and oxygen atoms in total. The third-order valence-electron chi connectivity index (χ3n) is 2.45. The van der Waals surface area contributed by atoms with Gasteiger partial charge in [0.25, 0.3) is 0 Å². The highest BCUT2D eigenvalue weighted by molar-refractivity contribution is 7.78. The van der Waals surface area contributed by atoms with E-state index in [1.54, 1.807) is 0 Å². The largest absolute Gasteiger partial charge is 0.772 e. The minimum absolute atomic E-state index is 0.127. The minimum atomic E-state index is -4.74. The highest BCUT2D eigenvalue weighted by Gasteiger charge is 2.33. The van der Waals surface area contributed by atoms with E-state index in [2.05, 4.69) is 9.97 Å². The molecule has 0 amide bonds. The van der Waals surface area contributed by atoms with Crippen LogP contribution in [-0.2, 0) is 23.0 Å². The summed E-state index contributed by atoms with van der Waals surface area (Å²) in [4.78, 5) is 6.95. The van der Waals surface area contributed by atoms with Crippen LogP contribution in [0.4, 0.5) is 17.6 Å². The molecule has 0 bridgehead atoms. The molecule has 0 saturated heterocycles. The van der Waals surface area contributed by atoms with Crippen molar-refractivity contribution in [2.24, 2.45) is 0 Å². The lowest BCUT2D eigenvalue weighted by atomic mass is 10.1. The summed E-state index contributed by atoms with van der Waals surface area (Å²) in [6.45, 7) is 0. The highest BCUT2D eigenvalue weighted by Crippen LogP contribution is 2.30.